The summed E-state index contributed by atoms with van der Waals surface area (Å²) >= 11 is 0. The van der Waals surface area contributed by atoms with E-state index in [1.807, 2.05) is 12.1 Å². The summed E-state index contributed by atoms with van der Waals surface area (Å²) in [5, 5.41) is 12.6. The average Bonchev–Trinajstić information content (AvgIpc) is 2.34. The van der Waals surface area contributed by atoms with E-state index in [1.165, 1.54) is 0 Å². The van der Waals surface area contributed by atoms with E-state index in [4.69, 9.17) is 0 Å². The van der Waals surface area contributed by atoms with Crippen molar-refractivity contribution in [2.24, 2.45) is 0 Å². The van der Waals surface area contributed by atoms with Gasteiger partial charge in [0, 0.05) is 12.6 Å². The lowest BCUT2D eigenvalue weighted by atomic mass is 10.0. The summed E-state index contributed by atoms with van der Waals surface area (Å²) in [5.74, 6) is 0.260. The van der Waals surface area contributed by atoms with E-state index >= 15 is 0 Å². The zero-order chi connectivity index (χ0) is 14.3. The Bertz CT molecular complexity index is 471. The molecular formula is C13H22N2O3S. The summed E-state index contributed by atoms with van der Waals surface area (Å²) in [6.45, 7) is 3.26. The number of rotatable bonds is 8. The molecule has 1 rings (SSSR count). The van der Waals surface area contributed by atoms with Crippen LogP contribution in [0.15, 0.2) is 24.3 Å². The number of aromatic hydroxyl groups is 1. The molecule has 0 saturated heterocycles. The molecule has 1 unspecified atom stereocenters. The van der Waals surface area contributed by atoms with E-state index in [0.29, 0.717) is 6.54 Å². The lowest BCUT2D eigenvalue weighted by Crippen LogP contribution is -2.28. The molecule has 0 aliphatic rings. The second-order valence-corrected chi connectivity index (χ2v) is 6.36. The van der Waals surface area contributed by atoms with Gasteiger partial charge in [-0.3, -0.25) is 0 Å². The Labute approximate surface area is 115 Å². The van der Waals surface area contributed by atoms with Gasteiger partial charge in [-0.15, -0.1) is 0 Å². The van der Waals surface area contributed by atoms with Crippen LogP contribution in [-0.4, -0.2) is 32.9 Å². The van der Waals surface area contributed by atoms with Gasteiger partial charge in [-0.25, -0.2) is 13.1 Å². The van der Waals surface area contributed by atoms with Gasteiger partial charge in [-0.1, -0.05) is 19.1 Å². The van der Waals surface area contributed by atoms with Crippen LogP contribution in [-0.2, 0) is 10.0 Å². The topological polar surface area (TPSA) is 78.4 Å². The first-order valence-corrected chi connectivity index (χ1v) is 8.28. The van der Waals surface area contributed by atoms with Crippen molar-refractivity contribution in [2.45, 2.75) is 25.8 Å². The van der Waals surface area contributed by atoms with Gasteiger partial charge in [0.15, 0.2) is 0 Å². The molecule has 0 radical (unpaired) electrons. The Morgan fingerprint density at radius 2 is 1.84 bits per heavy atom. The smallest absolute Gasteiger partial charge is 0.208 e. The van der Waals surface area contributed by atoms with Crippen molar-refractivity contribution in [3.63, 3.8) is 0 Å². The van der Waals surface area contributed by atoms with Crippen molar-refractivity contribution in [1.29, 1.82) is 0 Å². The zero-order valence-electron chi connectivity index (χ0n) is 11.4. The van der Waals surface area contributed by atoms with Crippen LogP contribution >= 0.6 is 0 Å². The first-order valence-electron chi connectivity index (χ1n) is 6.39. The van der Waals surface area contributed by atoms with Crippen LogP contribution in [0.25, 0.3) is 0 Å². The average molecular weight is 286 g/mol. The lowest BCUT2D eigenvalue weighted by Gasteiger charge is -2.17. The highest BCUT2D eigenvalue weighted by molar-refractivity contribution is 7.88. The van der Waals surface area contributed by atoms with Gasteiger partial charge < -0.3 is 10.4 Å². The fourth-order valence-electron chi connectivity index (χ4n) is 1.83. The molecule has 5 nitrogen and oxygen atoms in total. The number of phenolic OH excluding ortho intramolecular Hbond substituents is 1. The Hall–Kier alpha value is -1.11. The predicted octanol–water partition coefficient (Wildman–Crippen LogP) is 1.37. The van der Waals surface area contributed by atoms with Crippen molar-refractivity contribution in [3.05, 3.63) is 29.8 Å². The fraction of sp³-hybridized carbons (Fsp3) is 0.538. The molecule has 0 amide bonds. The minimum Gasteiger partial charge on any atom is -0.508 e. The fourth-order valence-corrected chi connectivity index (χ4v) is 2.34. The minimum atomic E-state index is -3.09. The van der Waals surface area contributed by atoms with E-state index in [9.17, 15) is 13.5 Å². The highest BCUT2D eigenvalue weighted by atomic mass is 32.2. The van der Waals surface area contributed by atoms with Crippen LogP contribution in [0, 0.1) is 0 Å². The minimum absolute atomic E-state index is 0.221. The van der Waals surface area contributed by atoms with Gasteiger partial charge in [-0.05, 0) is 37.1 Å². The maximum Gasteiger partial charge on any atom is 0.208 e. The number of benzene rings is 1. The van der Waals surface area contributed by atoms with Gasteiger partial charge in [-0.2, -0.15) is 0 Å². The number of phenols is 1. The first kappa shape index (κ1) is 15.9. The number of sulfonamides is 1. The number of nitrogens with one attached hydrogen (secondary N) is 2. The van der Waals surface area contributed by atoms with Gasteiger partial charge in [0.2, 0.25) is 10.0 Å². The molecule has 0 aliphatic heterocycles. The molecule has 0 aliphatic carbocycles. The molecule has 19 heavy (non-hydrogen) atoms. The molecule has 0 spiro atoms. The van der Waals surface area contributed by atoms with E-state index < -0.39 is 10.0 Å². The van der Waals surface area contributed by atoms with E-state index in [1.54, 1.807) is 12.1 Å². The summed E-state index contributed by atoms with van der Waals surface area (Å²) in [4.78, 5) is 0. The van der Waals surface area contributed by atoms with Crippen LogP contribution in [0.2, 0.25) is 0 Å². The highest BCUT2D eigenvalue weighted by Crippen LogP contribution is 2.19. The highest BCUT2D eigenvalue weighted by Gasteiger charge is 2.08. The van der Waals surface area contributed by atoms with Crippen molar-refractivity contribution in [2.75, 3.05) is 19.3 Å². The van der Waals surface area contributed by atoms with E-state index in [2.05, 4.69) is 17.0 Å². The summed E-state index contributed by atoms with van der Waals surface area (Å²) in [6.07, 6.45) is 2.83. The molecular weight excluding hydrogens is 264 g/mol. The van der Waals surface area contributed by atoms with Gasteiger partial charge in [0.05, 0.1) is 6.26 Å². The normalized spacial score (nSPS) is 13.4. The summed E-state index contributed by atoms with van der Waals surface area (Å²) in [6, 6.07) is 7.35. The maximum absolute atomic E-state index is 10.9. The van der Waals surface area contributed by atoms with Crippen LogP contribution < -0.4 is 10.0 Å². The molecule has 3 N–H and O–H groups in total. The molecule has 0 bridgehead atoms. The number of hydrogen-bond donors (Lipinski definition) is 3. The first-order chi connectivity index (χ1) is 8.92. The SMILES string of the molecule is CCC(NCCCNS(C)(=O)=O)c1ccc(O)cc1. The van der Waals surface area contributed by atoms with Gasteiger partial charge in [0.1, 0.15) is 5.75 Å². The maximum atomic E-state index is 10.9. The Kier molecular flexibility index (Phi) is 6.27. The van der Waals surface area contributed by atoms with Crippen LogP contribution in [0.3, 0.4) is 0 Å². The third kappa shape index (κ3) is 6.56. The molecule has 1 aromatic carbocycles. The second kappa shape index (κ2) is 7.47. The predicted molar refractivity (Wildman–Crippen MR) is 76.6 cm³/mol. The van der Waals surface area contributed by atoms with Crippen LogP contribution in [0.1, 0.15) is 31.4 Å². The van der Waals surface area contributed by atoms with Crippen molar-refractivity contribution in [3.8, 4) is 5.75 Å². The molecule has 0 heterocycles. The van der Waals surface area contributed by atoms with E-state index in [-0.39, 0.29) is 11.8 Å². The molecule has 0 fully saturated rings. The Morgan fingerprint density at radius 3 is 2.37 bits per heavy atom. The van der Waals surface area contributed by atoms with Crippen LogP contribution in [0.4, 0.5) is 0 Å². The lowest BCUT2D eigenvalue weighted by molar-refractivity contribution is 0.473. The van der Waals surface area contributed by atoms with Crippen LogP contribution in [0.5, 0.6) is 5.75 Å². The molecule has 108 valence electrons. The molecule has 1 atom stereocenters. The largest absolute Gasteiger partial charge is 0.508 e. The Morgan fingerprint density at radius 1 is 1.21 bits per heavy atom. The quantitative estimate of drug-likeness (QED) is 0.631. The van der Waals surface area contributed by atoms with Gasteiger partial charge in [0.25, 0.3) is 0 Å². The summed E-state index contributed by atoms with van der Waals surface area (Å²) in [7, 11) is -3.09. The monoisotopic (exact) mass is 286 g/mol. The van der Waals surface area contributed by atoms with Crippen molar-refractivity contribution in [1.82, 2.24) is 10.0 Å². The molecule has 0 aromatic heterocycles. The van der Waals surface area contributed by atoms with Crippen molar-refractivity contribution >= 4 is 10.0 Å². The Balaban J connectivity index is 2.35. The third-order valence-corrected chi connectivity index (χ3v) is 3.54. The summed E-state index contributed by atoms with van der Waals surface area (Å²) < 4.78 is 24.2. The molecule has 6 heteroatoms. The van der Waals surface area contributed by atoms with Crippen molar-refractivity contribution < 1.29 is 13.5 Å². The van der Waals surface area contributed by atoms with Gasteiger partial charge >= 0.3 is 0 Å². The zero-order valence-corrected chi connectivity index (χ0v) is 12.2. The molecule has 0 saturated carbocycles. The third-order valence-electron chi connectivity index (χ3n) is 2.81. The molecule has 1 aromatic rings. The standard InChI is InChI=1S/C13H22N2O3S/c1-3-13(11-5-7-12(16)8-6-11)14-9-4-10-15-19(2,17)18/h5-8,13-16H,3-4,9-10H2,1-2H3. The van der Waals surface area contributed by atoms with E-state index in [0.717, 1.165) is 31.2 Å². The number of hydrogen-bond acceptors (Lipinski definition) is 4. The summed E-state index contributed by atoms with van der Waals surface area (Å²) in [5.41, 5.74) is 1.12. The second-order valence-electron chi connectivity index (χ2n) is 4.53.